The summed E-state index contributed by atoms with van der Waals surface area (Å²) in [6, 6.07) is 10.5. The highest BCUT2D eigenvalue weighted by Gasteiger charge is 2.23. The van der Waals surface area contributed by atoms with Crippen LogP contribution in [0.15, 0.2) is 48.9 Å². The highest BCUT2D eigenvalue weighted by molar-refractivity contribution is 5.74. The normalized spacial score (nSPS) is 17.2. The molecular formula is C18H24N6O. The maximum absolute atomic E-state index is 12.0. The Bertz CT molecular complexity index is 651. The molecule has 132 valence electrons. The molecule has 0 bridgehead atoms. The van der Waals surface area contributed by atoms with Gasteiger partial charge in [-0.15, -0.1) is 0 Å². The van der Waals surface area contributed by atoms with Crippen LogP contribution in [0.2, 0.25) is 0 Å². The van der Waals surface area contributed by atoms with Gasteiger partial charge < -0.3 is 16.0 Å². The molecule has 0 spiro atoms. The van der Waals surface area contributed by atoms with E-state index in [9.17, 15) is 4.79 Å². The average Bonchev–Trinajstić information content (AvgIpc) is 3.07. The maximum atomic E-state index is 12.0. The molecule has 2 amide bonds. The fourth-order valence-corrected chi connectivity index (χ4v) is 2.93. The lowest BCUT2D eigenvalue weighted by Gasteiger charge is -2.17. The van der Waals surface area contributed by atoms with Crippen LogP contribution in [0.1, 0.15) is 12.0 Å². The first-order valence-electron chi connectivity index (χ1n) is 8.60. The monoisotopic (exact) mass is 340 g/mol. The van der Waals surface area contributed by atoms with E-state index in [1.807, 2.05) is 6.07 Å². The van der Waals surface area contributed by atoms with Crippen LogP contribution in [0.4, 0.5) is 10.6 Å². The molecule has 7 nitrogen and oxygen atoms in total. The third kappa shape index (κ3) is 5.72. The summed E-state index contributed by atoms with van der Waals surface area (Å²) in [5.74, 6) is 0.706. The molecule has 1 aliphatic heterocycles. The molecule has 0 radical (unpaired) electrons. The molecule has 1 fully saturated rings. The van der Waals surface area contributed by atoms with Crippen LogP contribution in [0, 0.1) is 0 Å². The SMILES string of the molecule is O=C(NCCNc1cnccn1)N[C@H]1CCN(Cc2ccccc2)C1. The molecule has 0 unspecified atom stereocenters. The van der Waals surface area contributed by atoms with Crippen molar-refractivity contribution in [1.82, 2.24) is 25.5 Å². The number of hydrogen-bond acceptors (Lipinski definition) is 5. The zero-order valence-corrected chi connectivity index (χ0v) is 14.2. The van der Waals surface area contributed by atoms with Gasteiger partial charge in [0.25, 0.3) is 0 Å². The fourth-order valence-electron chi connectivity index (χ4n) is 2.93. The topological polar surface area (TPSA) is 82.2 Å². The number of nitrogens with one attached hydrogen (secondary N) is 3. The molecule has 0 aliphatic carbocycles. The van der Waals surface area contributed by atoms with Gasteiger partial charge in [0.05, 0.1) is 6.20 Å². The van der Waals surface area contributed by atoms with E-state index in [1.165, 1.54) is 5.56 Å². The first-order valence-corrected chi connectivity index (χ1v) is 8.60. The Morgan fingerprint density at radius 2 is 2.08 bits per heavy atom. The van der Waals surface area contributed by atoms with Crippen LogP contribution < -0.4 is 16.0 Å². The second-order valence-electron chi connectivity index (χ2n) is 6.12. The van der Waals surface area contributed by atoms with Crippen molar-refractivity contribution >= 4 is 11.8 Å². The number of amides is 2. The number of carbonyl (C=O) groups excluding carboxylic acids is 1. The minimum absolute atomic E-state index is 0.118. The Morgan fingerprint density at radius 1 is 1.20 bits per heavy atom. The molecule has 2 aromatic rings. The number of nitrogens with zero attached hydrogens (tertiary/aromatic N) is 3. The highest BCUT2D eigenvalue weighted by atomic mass is 16.2. The van der Waals surface area contributed by atoms with E-state index in [1.54, 1.807) is 18.6 Å². The Hall–Kier alpha value is -2.67. The van der Waals surface area contributed by atoms with Crippen molar-refractivity contribution in [2.24, 2.45) is 0 Å². The van der Waals surface area contributed by atoms with Gasteiger partial charge >= 0.3 is 6.03 Å². The van der Waals surface area contributed by atoms with Gasteiger partial charge in [-0.1, -0.05) is 30.3 Å². The van der Waals surface area contributed by atoms with Crippen molar-refractivity contribution in [2.75, 3.05) is 31.5 Å². The molecule has 1 atom stereocenters. The second kappa shape index (κ2) is 8.98. The maximum Gasteiger partial charge on any atom is 0.315 e. The molecule has 3 N–H and O–H groups in total. The summed E-state index contributed by atoms with van der Waals surface area (Å²) in [5.41, 5.74) is 1.31. The summed E-state index contributed by atoms with van der Waals surface area (Å²) in [5, 5.41) is 9.01. The smallest absolute Gasteiger partial charge is 0.315 e. The number of rotatable bonds is 7. The number of urea groups is 1. The van der Waals surface area contributed by atoms with E-state index in [4.69, 9.17) is 0 Å². The molecule has 7 heteroatoms. The van der Waals surface area contributed by atoms with Gasteiger partial charge in [-0.3, -0.25) is 9.88 Å². The standard InChI is InChI=1S/C18H24N6O/c25-18(22-10-9-21-17-12-19-7-8-20-17)23-16-6-11-24(14-16)13-15-4-2-1-3-5-15/h1-5,7-8,12,16H,6,9-11,13-14H2,(H,20,21)(H2,22,23,25)/t16-/m0/s1. The summed E-state index contributed by atoms with van der Waals surface area (Å²) in [4.78, 5) is 22.4. The third-order valence-electron chi connectivity index (χ3n) is 4.14. The van der Waals surface area contributed by atoms with Gasteiger partial charge in [0.1, 0.15) is 5.82 Å². The van der Waals surface area contributed by atoms with Gasteiger partial charge in [-0.05, 0) is 12.0 Å². The number of hydrogen-bond donors (Lipinski definition) is 3. The Morgan fingerprint density at radius 3 is 2.88 bits per heavy atom. The molecule has 1 aliphatic rings. The Kier molecular flexibility index (Phi) is 6.17. The summed E-state index contributed by atoms with van der Waals surface area (Å²) < 4.78 is 0. The lowest BCUT2D eigenvalue weighted by molar-refractivity contribution is 0.236. The number of aromatic nitrogens is 2. The van der Waals surface area contributed by atoms with Gasteiger partial charge in [-0.2, -0.15) is 0 Å². The van der Waals surface area contributed by atoms with Crippen LogP contribution in [0.5, 0.6) is 0 Å². The predicted molar refractivity (Wildman–Crippen MR) is 97.2 cm³/mol. The summed E-state index contributed by atoms with van der Waals surface area (Å²) in [6.45, 7) is 3.97. The number of likely N-dealkylation sites (tertiary alicyclic amines) is 1. The van der Waals surface area contributed by atoms with E-state index in [0.717, 1.165) is 26.1 Å². The molecule has 2 heterocycles. The third-order valence-corrected chi connectivity index (χ3v) is 4.14. The number of carbonyl (C=O) groups is 1. The van der Waals surface area contributed by atoms with Gasteiger partial charge in [0.15, 0.2) is 0 Å². The largest absolute Gasteiger partial charge is 0.367 e. The molecule has 3 rings (SSSR count). The van der Waals surface area contributed by atoms with Crippen molar-refractivity contribution in [2.45, 2.75) is 19.0 Å². The summed E-state index contributed by atoms with van der Waals surface area (Å²) in [6.07, 6.45) is 5.89. The molecule has 1 aromatic carbocycles. The van der Waals surface area contributed by atoms with E-state index >= 15 is 0 Å². The molecule has 25 heavy (non-hydrogen) atoms. The molecule has 0 saturated carbocycles. The van der Waals surface area contributed by atoms with Crippen molar-refractivity contribution in [3.63, 3.8) is 0 Å². The zero-order valence-electron chi connectivity index (χ0n) is 14.2. The average molecular weight is 340 g/mol. The van der Waals surface area contributed by atoms with Crippen LogP contribution in [0.25, 0.3) is 0 Å². The van der Waals surface area contributed by atoms with Crippen LogP contribution in [-0.4, -0.2) is 53.1 Å². The van der Waals surface area contributed by atoms with Gasteiger partial charge in [0, 0.05) is 51.2 Å². The minimum atomic E-state index is -0.118. The van der Waals surface area contributed by atoms with Crippen molar-refractivity contribution < 1.29 is 4.79 Å². The molecular weight excluding hydrogens is 316 g/mol. The summed E-state index contributed by atoms with van der Waals surface area (Å²) in [7, 11) is 0. The lowest BCUT2D eigenvalue weighted by atomic mass is 10.2. The quantitative estimate of drug-likeness (QED) is 0.665. The highest BCUT2D eigenvalue weighted by Crippen LogP contribution is 2.13. The first kappa shape index (κ1) is 17.2. The van der Waals surface area contributed by atoms with Crippen LogP contribution in [-0.2, 0) is 6.54 Å². The van der Waals surface area contributed by atoms with Crippen LogP contribution in [0.3, 0.4) is 0 Å². The van der Waals surface area contributed by atoms with E-state index in [-0.39, 0.29) is 12.1 Å². The summed E-state index contributed by atoms with van der Waals surface area (Å²) >= 11 is 0. The first-order chi connectivity index (χ1) is 12.3. The number of anilines is 1. The van der Waals surface area contributed by atoms with Crippen molar-refractivity contribution in [3.8, 4) is 0 Å². The predicted octanol–water partition coefficient (Wildman–Crippen LogP) is 1.46. The zero-order chi connectivity index (χ0) is 17.3. The van der Waals surface area contributed by atoms with E-state index in [2.05, 4.69) is 55.1 Å². The Balaban J connectivity index is 1.31. The van der Waals surface area contributed by atoms with E-state index < -0.39 is 0 Å². The van der Waals surface area contributed by atoms with Crippen molar-refractivity contribution in [3.05, 3.63) is 54.5 Å². The molecule has 1 aromatic heterocycles. The van der Waals surface area contributed by atoms with E-state index in [0.29, 0.717) is 18.9 Å². The number of benzene rings is 1. The van der Waals surface area contributed by atoms with Gasteiger partial charge in [0.2, 0.25) is 0 Å². The second-order valence-corrected chi connectivity index (χ2v) is 6.12. The Labute approximate surface area is 147 Å². The minimum Gasteiger partial charge on any atom is -0.367 e. The molecule has 1 saturated heterocycles. The lowest BCUT2D eigenvalue weighted by Crippen LogP contribution is -2.44. The fraction of sp³-hybridized carbons (Fsp3) is 0.389. The van der Waals surface area contributed by atoms with Crippen molar-refractivity contribution in [1.29, 1.82) is 0 Å². The van der Waals surface area contributed by atoms with Crippen LogP contribution >= 0.6 is 0 Å². The van der Waals surface area contributed by atoms with Gasteiger partial charge in [-0.25, -0.2) is 9.78 Å².